The SMILES string of the molecule is Cc1cc2c(N)nccc2c(C)c1CNc1cc(NCc2ccc(Cn3cccn3)cc2F)ncn1. The van der Waals surface area contributed by atoms with E-state index in [1.807, 2.05) is 30.5 Å². The minimum atomic E-state index is -0.266. The molecule has 0 unspecified atom stereocenters. The Morgan fingerprint density at radius 2 is 1.72 bits per heavy atom. The topological polar surface area (TPSA) is 107 Å². The number of pyridine rings is 1. The summed E-state index contributed by atoms with van der Waals surface area (Å²) < 4.78 is 16.4. The molecule has 3 aromatic heterocycles. The molecule has 0 aliphatic heterocycles. The number of hydrogen-bond donors (Lipinski definition) is 3. The molecule has 0 saturated carbocycles. The molecule has 0 amide bonds. The van der Waals surface area contributed by atoms with Crippen LogP contribution in [-0.2, 0) is 19.6 Å². The summed E-state index contributed by atoms with van der Waals surface area (Å²) in [6.45, 7) is 5.59. The molecule has 2 aromatic carbocycles. The van der Waals surface area contributed by atoms with Gasteiger partial charge in [-0.15, -0.1) is 0 Å². The number of nitrogens with one attached hydrogen (secondary N) is 2. The third-order valence-corrected chi connectivity index (χ3v) is 6.31. The van der Waals surface area contributed by atoms with Crippen molar-refractivity contribution >= 4 is 28.2 Å². The molecule has 3 heterocycles. The zero-order chi connectivity index (χ0) is 25.1. The van der Waals surface area contributed by atoms with Gasteiger partial charge in [-0.3, -0.25) is 4.68 Å². The number of rotatable bonds is 8. The van der Waals surface area contributed by atoms with Crippen LogP contribution >= 0.6 is 0 Å². The predicted octanol–water partition coefficient (Wildman–Crippen LogP) is 4.83. The van der Waals surface area contributed by atoms with Crippen LogP contribution in [0.15, 0.2) is 67.4 Å². The molecule has 0 spiro atoms. The monoisotopic (exact) mass is 482 g/mol. The summed E-state index contributed by atoms with van der Waals surface area (Å²) in [6, 6.07) is 13.0. The van der Waals surface area contributed by atoms with E-state index in [1.54, 1.807) is 29.2 Å². The first kappa shape index (κ1) is 23.2. The number of nitrogens with zero attached hydrogens (tertiary/aromatic N) is 5. The van der Waals surface area contributed by atoms with Crippen molar-refractivity contribution in [3.05, 3.63) is 101 Å². The van der Waals surface area contributed by atoms with Crippen LogP contribution in [0.3, 0.4) is 0 Å². The summed E-state index contributed by atoms with van der Waals surface area (Å²) in [4.78, 5) is 12.8. The fourth-order valence-corrected chi connectivity index (χ4v) is 4.33. The number of nitrogen functional groups attached to an aromatic ring is 1. The molecular weight excluding hydrogens is 455 g/mol. The Bertz CT molecular complexity index is 1510. The van der Waals surface area contributed by atoms with Gasteiger partial charge in [0.2, 0.25) is 0 Å². The van der Waals surface area contributed by atoms with Crippen LogP contribution in [0.25, 0.3) is 10.8 Å². The van der Waals surface area contributed by atoms with Crippen molar-refractivity contribution < 1.29 is 4.39 Å². The van der Waals surface area contributed by atoms with Gasteiger partial charge >= 0.3 is 0 Å². The number of anilines is 3. The molecule has 0 aliphatic carbocycles. The van der Waals surface area contributed by atoms with Crippen LogP contribution in [0.4, 0.5) is 21.8 Å². The smallest absolute Gasteiger partial charge is 0.131 e. The highest BCUT2D eigenvalue weighted by molar-refractivity contribution is 5.94. The fourth-order valence-electron chi connectivity index (χ4n) is 4.33. The molecular formula is C27H27FN8. The molecule has 182 valence electrons. The quantitative estimate of drug-likeness (QED) is 0.291. The number of fused-ring (bicyclic) bond motifs is 1. The van der Waals surface area contributed by atoms with Gasteiger partial charge in [-0.25, -0.2) is 19.3 Å². The molecule has 36 heavy (non-hydrogen) atoms. The second kappa shape index (κ2) is 9.99. The van der Waals surface area contributed by atoms with Gasteiger partial charge in [0, 0.05) is 48.7 Å². The highest BCUT2D eigenvalue weighted by atomic mass is 19.1. The standard InChI is InChI=1S/C27H27FN8/c1-17-10-22-21(6-8-30-27(22)29)18(2)23(17)14-32-26-12-25(33-16-34-26)31-13-20-5-4-19(11-24(20)28)15-36-9-3-7-35-36/h3-12,16H,13-15H2,1-2H3,(H2,29,30)(H2,31,32,33,34). The van der Waals surface area contributed by atoms with Gasteiger partial charge in [0.25, 0.3) is 0 Å². The number of aryl methyl sites for hydroxylation is 2. The largest absolute Gasteiger partial charge is 0.383 e. The Hall–Kier alpha value is -4.53. The van der Waals surface area contributed by atoms with Gasteiger partial charge in [-0.05, 0) is 65.8 Å². The molecule has 0 fully saturated rings. The van der Waals surface area contributed by atoms with E-state index in [-0.39, 0.29) is 5.82 Å². The molecule has 0 atom stereocenters. The van der Waals surface area contributed by atoms with Gasteiger partial charge in [0.05, 0.1) is 6.54 Å². The van der Waals surface area contributed by atoms with Crippen LogP contribution in [0, 0.1) is 19.7 Å². The summed E-state index contributed by atoms with van der Waals surface area (Å²) in [5.41, 5.74) is 10.9. The summed E-state index contributed by atoms with van der Waals surface area (Å²) in [5, 5.41) is 12.8. The van der Waals surface area contributed by atoms with E-state index in [2.05, 4.69) is 50.6 Å². The van der Waals surface area contributed by atoms with Crippen LogP contribution in [0.1, 0.15) is 27.8 Å². The van der Waals surface area contributed by atoms with E-state index in [1.165, 1.54) is 11.9 Å². The summed E-state index contributed by atoms with van der Waals surface area (Å²) in [6.07, 6.45) is 6.78. The molecule has 5 rings (SSSR count). The molecule has 0 radical (unpaired) electrons. The molecule has 5 aromatic rings. The number of halogens is 1. The minimum Gasteiger partial charge on any atom is -0.383 e. The Labute approximate surface area is 208 Å². The maximum absolute atomic E-state index is 14.7. The van der Waals surface area contributed by atoms with E-state index in [0.29, 0.717) is 42.7 Å². The van der Waals surface area contributed by atoms with Gasteiger partial charge < -0.3 is 16.4 Å². The molecule has 0 saturated heterocycles. The first-order chi connectivity index (χ1) is 17.5. The van der Waals surface area contributed by atoms with Crippen LogP contribution < -0.4 is 16.4 Å². The first-order valence-corrected chi connectivity index (χ1v) is 11.7. The zero-order valence-corrected chi connectivity index (χ0v) is 20.2. The average Bonchev–Trinajstić information content (AvgIpc) is 3.37. The third-order valence-electron chi connectivity index (χ3n) is 6.31. The Morgan fingerprint density at radius 3 is 2.47 bits per heavy atom. The van der Waals surface area contributed by atoms with Crippen molar-refractivity contribution in [3.63, 3.8) is 0 Å². The highest BCUT2D eigenvalue weighted by Gasteiger charge is 2.11. The van der Waals surface area contributed by atoms with E-state index in [0.717, 1.165) is 27.5 Å². The van der Waals surface area contributed by atoms with E-state index < -0.39 is 0 Å². The zero-order valence-electron chi connectivity index (χ0n) is 20.2. The number of benzene rings is 2. The van der Waals surface area contributed by atoms with E-state index in [4.69, 9.17) is 5.73 Å². The van der Waals surface area contributed by atoms with Crippen molar-refractivity contribution in [2.75, 3.05) is 16.4 Å². The van der Waals surface area contributed by atoms with Gasteiger partial charge in [0.1, 0.15) is 29.6 Å². The molecule has 8 nitrogen and oxygen atoms in total. The van der Waals surface area contributed by atoms with Crippen LogP contribution in [0.5, 0.6) is 0 Å². The minimum absolute atomic E-state index is 0.266. The second-order valence-electron chi connectivity index (χ2n) is 8.71. The lowest BCUT2D eigenvalue weighted by Gasteiger charge is -2.15. The molecule has 9 heteroatoms. The van der Waals surface area contributed by atoms with Gasteiger partial charge in [-0.2, -0.15) is 5.10 Å². The van der Waals surface area contributed by atoms with Crippen molar-refractivity contribution in [1.29, 1.82) is 0 Å². The predicted molar refractivity (Wildman–Crippen MR) is 140 cm³/mol. The van der Waals surface area contributed by atoms with Crippen LogP contribution in [-0.4, -0.2) is 24.7 Å². The normalized spacial score (nSPS) is 11.1. The Kier molecular flexibility index (Phi) is 6.44. The Balaban J connectivity index is 1.24. The van der Waals surface area contributed by atoms with Crippen molar-refractivity contribution in [2.45, 2.75) is 33.5 Å². The summed E-state index contributed by atoms with van der Waals surface area (Å²) in [7, 11) is 0. The lowest BCUT2D eigenvalue weighted by molar-refractivity contribution is 0.605. The van der Waals surface area contributed by atoms with Crippen molar-refractivity contribution in [3.8, 4) is 0 Å². The lowest BCUT2D eigenvalue weighted by Crippen LogP contribution is -2.08. The lowest BCUT2D eigenvalue weighted by atomic mass is 9.96. The molecule has 0 bridgehead atoms. The first-order valence-electron chi connectivity index (χ1n) is 11.7. The molecule has 0 aliphatic rings. The number of hydrogen-bond acceptors (Lipinski definition) is 7. The fraction of sp³-hybridized carbons (Fsp3) is 0.185. The maximum atomic E-state index is 14.7. The van der Waals surface area contributed by atoms with Gasteiger partial charge in [-0.1, -0.05) is 12.1 Å². The second-order valence-corrected chi connectivity index (χ2v) is 8.71. The van der Waals surface area contributed by atoms with Crippen LogP contribution in [0.2, 0.25) is 0 Å². The number of aromatic nitrogens is 5. The van der Waals surface area contributed by atoms with Crippen molar-refractivity contribution in [1.82, 2.24) is 24.7 Å². The number of nitrogens with two attached hydrogens (primary N) is 1. The molecule has 4 N–H and O–H groups in total. The summed E-state index contributed by atoms with van der Waals surface area (Å²) in [5.74, 6) is 1.56. The average molecular weight is 483 g/mol. The highest BCUT2D eigenvalue weighted by Crippen LogP contribution is 2.28. The van der Waals surface area contributed by atoms with Gasteiger partial charge in [0.15, 0.2) is 0 Å². The third kappa shape index (κ3) is 4.95. The van der Waals surface area contributed by atoms with E-state index >= 15 is 0 Å². The Morgan fingerprint density at radius 1 is 0.917 bits per heavy atom. The van der Waals surface area contributed by atoms with E-state index in [9.17, 15) is 4.39 Å². The maximum Gasteiger partial charge on any atom is 0.131 e. The summed E-state index contributed by atoms with van der Waals surface area (Å²) >= 11 is 0. The van der Waals surface area contributed by atoms with Crippen molar-refractivity contribution in [2.24, 2.45) is 0 Å².